The predicted octanol–water partition coefficient (Wildman–Crippen LogP) is 4.02. The summed E-state index contributed by atoms with van der Waals surface area (Å²) in [4.78, 5) is 20.0. The van der Waals surface area contributed by atoms with E-state index >= 15 is 0 Å². The van der Waals surface area contributed by atoms with Crippen molar-refractivity contribution >= 4 is 50.0 Å². The van der Waals surface area contributed by atoms with Crippen LogP contribution in [0, 0.1) is 0 Å². The molecule has 0 saturated heterocycles. The molecule has 0 aromatic carbocycles. The third-order valence-corrected chi connectivity index (χ3v) is 5.86. The van der Waals surface area contributed by atoms with Gasteiger partial charge in [0.25, 0.3) is 10.1 Å². The molecule has 0 spiro atoms. The fourth-order valence-corrected chi connectivity index (χ4v) is 3.58. The van der Waals surface area contributed by atoms with Gasteiger partial charge in [-0.2, -0.15) is 8.42 Å². The molecule has 30 heavy (non-hydrogen) atoms. The summed E-state index contributed by atoms with van der Waals surface area (Å²) in [6.07, 6.45) is 15.9. The second kappa shape index (κ2) is 20.7. The molecule has 0 radical (unpaired) electrons. The third-order valence-electron chi connectivity index (χ3n) is 4.44. The quantitative estimate of drug-likeness (QED) is 0.158. The second-order valence-corrected chi connectivity index (χ2v) is 11.0. The number of carbonyl (C=O) groups is 2. The summed E-state index contributed by atoms with van der Waals surface area (Å²) in [6, 6.07) is 0. The molecule has 0 fully saturated rings. The number of aliphatic carboxylic acids is 2. The Morgan fingerprint density at radius 3 is 1.53 bits per heavy atom. The van der Waals surface area contributed by atoms with Gasteiger partial charge in [0.1, 0.15) is 0 Å². The van der Waals surface area contributed by atoms with Gasteiger partial charge in [0, 0.05) is 0 Å². The molecule has 3 N–H and O–H groups in total. The molecular weight excluding hydrogens is 423 g/mol. The molecule has 8 nitrogen and oxygen atoms in total. The maximum Gasteiger partial charge on any atom is 0.325 e. The van der Waals surface area contributed by atoms with E-state index in [0.717, 1.165) is 6.61 Å². The molecule has 2 unspecified atom stereocenters. The topological polar surface area (TPSA) is 138 Å². The standard InChI is InChI=1S/C16H33O.C4H6O7S.Na/c1-3-5-6-7-8-9-10-11-12-13-14-15-16-17-4-2;5-3(6)1-2(4(7)8)12(9,10)11;/h4H,3,5-16H2,1-2H3;2H,1H2,(H,5,6)(H,7,8)(H,9,10,11);. The third kappa shape index (κ3) is 24.1. The summed E-state index contributed by atoms with van der Waals surface area (Å²) in [7, 11) is -4.84. The van der Waals surface area contributed by atoms with Crippen molar-refractivity contribution in [3.8, 4) is 0 Å². The molecule has 0 aliphatic heterocycles. The summed E-state index contributed by atoms with van der Waals surface area (Å²) in [5.74, 6) is -3.50. The summed E-state index contributed by atoms with van der Waals surface area (Å²) in [5.41, 5.74) is 0. The smallest absolute Gasteiger partial charge is 0.325 e. The molecule has 0 aromatic heterocycles. The van der Waals surface area contributed by atoms with E-state index in [-0.39, 0.29) is 0 Å². The first-order chi connectivity index (χ1) is 14.0. The summed E-state index contributed by atoms with van der Waals surface area (Å²) < 4.78 is 34.8. The van der Waals surface area contributed by atoms with Crippen LogP contribution in [0.3, 0.4) is 0 Å². The van der Waals surface area contributed by atoms with Crippen LogP contribution in [0.15, 0.2) is 0 Å². The van der Waals surface area contributed by atoms with Crippen LogP contribution < -0.4 is 0 Å². The maximum atomic E-state index is 10.2. The number of rotatable bonds is 18. The predicted molar refractivity (Wildman–Crippen MR) is 117 cm³/mol. The van der Waals surface area contributed by atoms with Crippen molar-refractivity contribution in [3.63, 3.8) is 0 Å². The zero-order valence-corrected chi connectivity index (χ0v) is 21.7. The van der Waals surface area contributed by atoms with E-state index in [1.54, 1.807) is 0 Å². The van der Waals surface area contributed by atoms with E-state index < -0.39 is 33.7 Å². The Bertz CT molecular complexity index is 537. The van der Waals surface area contributed by atoms with Gasteiger partial charge in [0.2, 0.25) is 0 Å². The van der Waals surface area contributed by atoms with Crippen LogP contribution in [0.5, 0.6) is 0 Å². The second-order valence-electron chi connectivity index (χ2n) is 7.75. The van der Waals surface area contributed by atoms with Crippen LogP contribution in [0.4, 0.5) is 0 Å². The van der Waals surface area contributed by atoms with E-state index in [9.17, 15) is 18.0 Å². The van der Waals surface area contributed by atoms with Gasteiger partial charge in [-0.15, -0.1) is 0 Å². The van der Waals surface area contributed by atoms with Crippen molar-refractivity contribution in [1.82, 2.24) is 0 Å². The molecular formula is C20H39NaO8S. The molecule has 0 amide bonds. The molecule has 0 heterocycles. The van der Waals surface area contributed by atoms with Crippen LogP contribution in [-0.2, 0) is 24.4 Å². The number of unbranched alkanes of at least 4 members (excludes halogenated alkanes) is 11. The first-order valence-electron chi connectivity index (χ1n) is 11.0. The summed E-state index contributed by atoms with van der Waals surface area (Å²) in [6.45, 7) is 5.45. The number of carboxylic acids is 2. The maximum absolute atomic E-state index is 10.2. The van der Waals surface area contributed by atoms with Crippen molar-refractivity contribution in [2.45, 2.75) is 106 Å². The molecule has 0 aliphatic rings. The van der Waals surface area contributed by atoms with Crippen LogP contribution in [0.2, 0.25) is 0 Å². The Morgan fingerprint density at radius 1 is 0.867 bits per heavy atom. The number of hydrogen-bond donors (Lipinski definition) is 3. The van der Waals surface area contributed by atoms with E-state index in [2.05, 4.69) is 13.8 Å². The molecule has 0 saturated carbocycles. The Labute approximate surface area is 199 Å². The molecule has 0 aromatic rings. The number of hydrogen-bond acceptors (Lipinski definition) is 5. The zero-order valence-electron chi connectivity index (χ0n) is 18.8. The van der Waals surface area contributed by atoms with E-state index in [0.29, 0.717) is 3.35 Å². The zero-order chi connectivity index (χ0) is 23.4. The van der Waals surface area contributed by atoms with Gasteiger partial charge >= 0.3 is 119 Å². The van der Waals surface area contributed by atoms with Crippen molar-refractivity contribution in [1.29, 1.82) is 0 Å². The van der Waals surface area contributed by atoms with Crippen LogP contribution in [-0.4, -0.2) is 78.3 Å². The van der Waals surface area contributed by atoms with Gasteiger partial charge in [-0.1, -0.05) is 26.2 Å². The average Bonchev–Trinajstić information content (AvgIpc) is 2.62. The molecule has 2 atom stereocenters. The number of carboxylic acid groups (broad SMARTS) is 2. The largest absolute Gasteiger partial charge is 0.481 e. The van der Waals surface area contributed by atoms with Gasteiger partial charge in [-0.3, -0.25) is 14.1 Å². The van der Waals surface area contributed by atoms with E-state index in [1.807, 2.05) is 0 Å². The molecule has 0 aliphatic carbocycles. The van der Waals surface area contributed by atoms with Gasteiger partial charge in [0.05, 0.1) is 6.42 Å². The van der Waals surface area contributed by atoms with Crippen molar-refractivity contribution in [2.75, 3.05) is 6.61 Å². The monoisotopic (exact) mass is 462 g/mol. The van der Waals surface area contributed by atoms with Crippen LogP contribution in [0.1, 0.15) is 97.3 Å². The van der Waals surface area contributed by atoms with Crippen molar-refractivity contribution < 1.29 is 37.5 Å². The minimum absolute atomic E-state index is 0.540. The summed E-state index contributed by atoms with van der Waals surface area (Å²) >= 11 is 1.17. The molecule has 174 valence electrons. The molecule has 0 bridgehead atoms. The van der Waals surface area contributed by atoms with E-state index in [4.69, 9.17) is 19.5 Å². The SMILES string of the molecule is CCCCCCCCCCCCCCO[CH](C)[Na].O=C(O)CC(C(=O)O)S(=O)(=O)O. The Balaban J connectivity index is 0. The van der Waals surface area contributed by atoms with Crippen molar-refractivity contribution in [2.24, 2.45) is 0 Å². The van der Waals surface area contributed by atoms with Gasteiger partial charge < -0.3 is 10.2 Å². The van der Waals surface area contributed by atoms with E-state index in [1.165, 1.54) is 105 Å². The minimum Gasteiger partial charge on any atom is -0.481 e. The molecule has 0 rings (SSSR count). The van der Waals surface area contributed by atoms with Gasteiger partial charge in [0.15, 0.2) is 5.25 Å². The normalized spacial score (nSPS) is 13.2. The minimum atomic E-state index is -4.84. The fraction of sp³-hybridized carbons (Fsp3) is 0.900. The Kier molecular flexibility index (Phi) is 22.1. The van der Waals surface area contributed by atoms with Crippen LogP contribution >= 0.6 is 0 Å². The fourth-order valence-electron chi connectivity index (χ4n) is 2.74. The Morgan fingerprint density at radius 2 is 1.27 bits per heavy atom. The Hall–Kier alpha value is -0.190. The average molecular weight is 463 g/mol. The first-order valence-corrected chi connectivity index (χ1v) is 13.7. The van der Waals surface area contributed by atoms with Gasteiger partial charge in [-0.05, 0) is 0 Å². The molecule has 10 heteroatoms. The first kappa shape index (κ1) is 32.0. The van der Waals surface area contributed by atoms with Crippen LogP contribution in [0.25, 0.3) is 0 Å². The number of ether oxygens (including phenoxy) is 1. The van der Waals surface area contributed by atoms with Gasteiger partial charge in [-0.25, -0.2) is 0 Å². The van der Waals surface area contributed by atoms with Crippen molar-refractivity contribution in [3.05, 3.63) is 0 Å². The summed E-state index contributed by atoms with van der Waals surface area (Å²) in [5, 5.41) is 13.9.